The number of hydrogen-bond acceptors (Lipinski definition) is 5. The Labute approximate surface area is 153 Å². The molecule has 0 unspecified atom stereocenters. The lowest BCUT2D eigenvalue weighted by Gasteiger charge is -2.36. The number of aliphatic hydroxyl groups is 2. The quantitative estimate of drug-likeness (QED) is 0.782. The number of amides is 1. The Bertz CT molecular complexity index is 590. The lowest BCUT2D eigenvalue weighted by Crippen LogP contribution is -2.47. The maximum atomic E-state index is 12.9. The fourth-order valence-electron chi connectivity index (χ4n) is 3.85. The molecule has 2 atom stereocenters. The van der Waals surface area contributed by atoms with Crippen LogP contribution in [-0.2, 0) is 4.79 Å². The maximum absolute atomic E-state index is 12.9. The van der Waals surface area contributed by atoms with Gasteiger partial charge in [-0.3, -0.25) is 9.69 Å². The molecule has 0 bridgehead atoms. The number of halogens is 1. The molecule has 2 aliphatic rings. The monoisotopic (exact) mass is 366 g/mol. The number of benzene rings is 1. The molecular weight excluding hydrogens is 339 g/mol. The van der Waals surface area contributed by atoms with Gasteiger partial charge >= 0.3 is 0 Å². The number of ether oxygens (including phenoxy) is 1. The van der Waals surface area contributed by atoms with Gasteiger partial charge in [0.15, 0.2) is 6.61 Å². The second-order valence-electron chi connectivity index (χ2n) is 7.17. The first-order valence-corrected chi connectivity index (χ1v) is 9.26. The fraction of sp³-hybridized carbons (Fsp3) is 0.632. The molecule has 0 aromatic heterocycles. The van der Waals surface area contributed by atoms with Crippen LogP contribution in [-0.4, -0.2) is 77.5 Å². The van der Waals surface area contributed by atoms with E-state index in [-0.39, 0.29) is 31.0 Å². The van der Waals surface area contributed by atoms with Crippen LogP contribution in [0.3, 0.4) is 0 Å². The average molecular weight is 366 g/mol. The highest BCUT2D eigenvalue weighted by Crippen LogP contribution is 2.25. The molecule has 6 nitrogen and oxygen atoms in total. The van der Waals surface area contributed by atoms with E-state index < -0.39 is 6.10 Å². The molecular formula is C19H27FN2O4. The summed E-state index contributed by atoms with van der Waals surface area (Å²) >= 11 is 0. The van der Waals surface area contributed by atoms with Crippen molar-refractivity contribution in [3.05, 3.63) is 30.1 Å². The van der Waals surface area contributed by atoms with Crippen LogP contribution in [0.1, 0.15) is 19.3 Å². The van der Waals surface area contributed by atoms with Crippen molar-refractivity contribution in [3.8, 4) is 5.75 Å². The van der Waals surface area contributed by atoms with Crippen molar-refractivity contribution in [3.63, 3.8) is 0 Å². The number of carbonyl (C=O) groups excluding carboxylic acids is 1. The van der Waals surface area contributed by atoms with E-state index in [0.717, 1.165) is 32.4 Å². The number of β-amino-alcohol motifs (C(OH)–C–C–N with tert-alkyl or cyclic N) is 1. The standard InChI is InChI=1S/C19H27FN2O4/c20-15-1-3-16(4-2-15)26-13-19(25)22-11-17(18(24)12-22)21-8-5-14(6-9-21)7-10-23/h1-4,14,17-18,23-24H,5-13H2/t17-,18-/m1/s1. The second-order valence-corrected chi connectivity index (χ2v) is 7.17. The van der Waals surface area contributed by atoms with E-state index in [0.29, 0.717) is 24.8 Å². The Balaban J connectivity index is 1.47. The molecule has 2 N–H and O–H groups in total. The number of likely N-dealkylation sites (tertiary alicyclic amines) is 2. The van der Waals surface area contributed by atoms with Gasteiger partial charge in [0.25, 0.3) is 5.91 Å². The van der Waals surface area contributed by atoms with Crippen LogP contribution in [0.25, 0.3) is 0 Å². The van der Waals surface area contributed by atoms with E-state index in [2.05, 4.69) is 4.90 Å². The molecule has 2 saturated heterocycles. The van der Waals surface area contributed by atoms with Gasteiger partial charge in [-0.25, -0.2) is 4.39 Å². The largest absolute Gasteiger partial charge is 0.484 e. The van der Waals surface area contributed by atoms with E-state index in [1.54, 1.807) is 4.90 Å². The normalized spacial score (nSPS) is 24.8. The zero-order valence-electron chi connectivity index (χ0n) is 14.9. The maximum Gasteiger partial charge on any atom is 0.260 e. The first-order valence-electron chi connectivity index (χ1n) is 9.26. The van der Waals surface area contributed by atoms with Crippen LogP contribution in [0.15, 0.2) is 24.3 Å². The van der Waals surface area contributed by atoms with Crippen LogP contribution in [0.4, 0.5) is 4.39 Å². The first kappa shape index (κ1) is 19.1. The smallest absolute Gasteiger partial charge is 0.260 e. The van der Waals surface area contributed by atoms with Gasteiger partial charge in [0.1, 0.15) is 11.6 Å². The summed E-state index contributed by atoms with van der Waals surface area (Å²) in [6.07, 6.45) is 2.32. The fourth-order valence-corrected chi connectivity index (χ4v) is 3.85. The molecule has 7 heteroatoms. The van der Waals surface area contributed by atoms with Crippen molar-refractivity contribution < 1.29 is 24.1 Å². The first-order chi connectivity index (χ1) is 12.6. The third kappa shape index (κ3) is 4.72. The molecule has 0 saturated carbocycles. The van der Waals surface area contributed by atoms with E-state index >= 15 is 0 Å². The number of carbonyl (C=O) groups is 1. The van der Waals surface area contributed by atoms with Crippen LogP contribution in [0, 0.1) is 11.7 Å². The molecule has 0 spiro atoms. The summed E-state index contributed by atoms with van der Waals surface area (Å²) in [5, 5.41) is 19.4. The SMILES string of the molecule is O=C(COc1ccc(F)cc1)N1C[C@@H](O)[C@H](N2CCC(CCO)CC2)C1. The van der Waals surface area contributed by atoms with E-state index in [1.165, 1.54) is 24.3 Å². The zero-order valence-corrected chi connectivity index (χ0v) is 14.9. The molecule has 0 radical (unpaired) electrons. The molecule has 2 fully saturated rings. The molecule has 2 heterocycles. The van der Waals surface area contributed by atoms with Crippen LogP contribution >= 0.6 is 0 Å². The summed E-state index contributed by atoms with van der Waals surface area (Å²) < 4.78 is 18.3. The van der Waals surface area contributed by atoms with Crippen molar-refractivity contribution >= 4 is 5.91 Å². The van der Waals surface area contributed by atoms with Crippen molar-refractivity contribution in [2.45, 2.75) is 31.4 Å². The molecule has 144 valence electrons. The van der Waals surface area contributed by atoms with Crippen LogP contribution in [0.5, 0.6) is 5.75 Å². The predicted octanol–water partition coefficient (Wildman–Crippen LogP) is 0.871. The summed E-state index contributed by atoms with van der Waals surface area (Å²) in [6, 6.07) is 5.51. The van der Waals surface area contributed by atoms with Crippen molar-refractivity contribution in [2.75, 3.05) is 39.4 Å². The lowest BCUT2D eigenvalue weighted by atomic mass is 9.93. The molecule has 0 aliphatic carbocycles. The highest BCUT2D eigenvalue weighted by atomic mass is 19.1. The van der Waals surface area contributed by atoms with E-state index in [4.69, 9.17) is 9.84 Å². The Morgan fingerprint density at radius 1 is 1.19 bits per heavy atom. The minimum atomic E-state index is -0.556. The molecule has 1 aromatic rings. The average Bonchev–Trinajstić information content (AvgIpc) is 3.04. The van der Waals surface area contributed by atoms with Gasteiger partial charge in [0.2, 0.25) is 0 Å². The van der Waals surface area contributed by atoms with Gasteiger partial charge in [-0.1, -0.05) is 0 Å². The van der Waals surface area contributed by atoms with Gasteiger partial charge in [-0.15, -0.1) is 0 Å². The molecule has 1 aromatic carbocycles. The lowest BCUT2D eigenvalue weighted by molar-refractivity contribution is -0.132. The third-order valence-electron chi connectivity index (χ3n) is 5.44. The number of piperidine rings is 1. The van der Waals surface area contributed by atoms with E-state index in [9.17, 15) is 14.3 Å². The third-order valence-corrected chi connectivity index (χ3v) is 5.44. The Hall–Kier alpha value is -1.70. The molecule has 1 amide bonds. The zero-order chi connectivity index (χ0) is 18.5. The summed E-state index contributed by atoms with van der Waals surface area (Å²) in [5.74, 6) is 0.474. The van der Waals surface area contributed by atoms with Gasteiger partial charge in [-0.05, 0) is 62.5 Å². The summed E-state index contributed by atoms with van der Waals surface area (Å²) in [6.45, 7) is 2.70. The number of nitrogens with zero attached hydrogens (tertiary/aromatic N) is 2. The van der Waals surface area contributed by atoms with Crippen molar-refractivity contribution in [1.82, 2.24) is 9.80 Å². The second kappa shape index (κ2) is 8.79. The van der Waals surface area contributed by atoms with Gasteiger partial charge in [0.05, 0.1) is 12.1 Å². The highest BCUT2D eigenvalue weighted by Gasteiger charge is 2.38. The van der Waals surface area contributed by atoms with Crippen molar-refractivity contribution in [2.24, 2.45) is 5.92 Å². The van der Waals surface area contributed by atoms with Gasteiger partial charge < -0.3 is 19.8 Å². The summed E-state index contributed by atoms with van der Waals surface area (Å²) in [4.78, 5) is 16.3. The number of aliphatic hydroxyl groups excluding tert-OH is 2. The Morgan fingerprint density at radius 2 is 1.88 bits per heavy atom. The molecule has 2 aliphatic heterocycles. The Morgan fingerprint density at radius 3 is 2.54 bits per heavy atom. The number of rotatable bonds is 6. The topological polar surface area (TPSA) is 73.2 Å². The molecule has 3 rings (SSSR count). The van der Waals surface area contributed by atoms with Crippen molar-refractivity contribution in [1.29, 1.82) is 0 Å². The number of hydrogen-bond donors (Lipinski definition) is 2. The van der Waals surface area contributed by atoms with Gasteiger partial charge in [0, 0.05) is 19.7 Å². The minimum absolute atomic E-state index is 0.0418. The summed E-state index contributed by atoms with van der Waals surface area (Å²) in [7, 11) is 0. The summed E-state index contributed by atoms with van der Waals surface area (Å²) in [5.41, 5.74) is 0. The molecule has 26 heavy (non-hydrogen) atoms. The minimum Gasteiger partial charge on any atom is -0.484 e. The highest BCUT2D eigenvalue weighted by molar-refractivity contribution is 5.78. The predicted molar refractivity (Wildman–Crippen MR) is 94.3 cm³/mol. The Kier molecular flexibility index (Phi) is 6.45. The van der Waals surface area contributed by atoms with Crippen LogP contribution < -0.4 is 4.74 Å². The van der Waals surface area contributed by atoms with E-state index in [1.807, 2.05) is 0 Å². The van der Waals surface area contributed by atoms with Crippen LogP contribution in [0.2, 0.25) is 0 Å². The van der Waals surface area contributed by atoms with Gasteiger partial charge in [-0.2, -0.15) is 0 Å².